The first-order chi connectivity index (χ1) is 7.91. The van der Waals surface area contributed by atoms with E-state index in [-0.39, 0.29) is 30.2 Å². The summed E-state index contributed by atoms with van der Waals surface area (Å²) in [5, 5.41) is 9.53. The summed E-state index contributed by atoms with van der Waals surface area (Å²) in [5.41, 5.74) is 0.792. The summed E-state index contributed by atoms with van der Waals surface area (Å²) in [6, 6.07) is 0. The van der Waals surface area contributed by atoms with Gasteiger partial charge in [-0.2, -0.15) is 0 Å². The smallest absolute Gasteiger partial charge is 0.339 e. The molecule has 90 valence electrons. The number of Topliss-reactive ketones (excluding diaryl/α,β-unsaturated/α-hetero) is 1. The van der Waals surface area contributed by atoms with Crippen molar-refractivity contribution in [3.05, 3.63) is 16.0 Å². The van der Waals surface area contributed by atoms with Gasteiger partial charge in [-0.25, -0.2) is 4.79 Å². The second kappa shape index (κ2) is 3.96. The molecule has 0 atom stereocenters. The van der Waals surface area contributed by atoms with Crippen LogP contribution in [0.15, 0.2) is 0 Å². The number of ketones is 1. The van der Waals surface area contributed by atoms with E-state index in [4.69, 9.17) is 5.11 Å². The monoisotopic (exact) mass is 253 g/mol. The van der Waals surface area contributed by atoms with Gasteiger partial charge in [0.1, 0.15) is 5.00 Å². The second-order valence-electron chi connectivity index (χ2n) is 3.96. The SMILES string of the molecule is Cc1sc(N2CC(=O)CC2=O)c(C(=O)O)c1C. The van der Waals surface area contributed by atoms with Gasteiger partial charge in [0.25, 0.3) is 0 Å². The molecule has 1 aliphatic heterocycles. The summed E-state index contributed by atoms with van der Waals surface area (Å²) in [7, 11) is 0. The summed E-state index contributed by atoms with van der Waals surface area (Å²) in [4.78, 5) is 36.1. The van der Waals surface area contributed by atoms with Crippen LogP contribution < -0.4 is 4.90 Å². The molecule has 1 aliphatic rings. The first kappa shape index (κ1) is 11.8. The van der Waals surface area contributed by atoms with Gasteiger partial charge in [-0.15, -0.1) is 11.3 Å². The molecule has 0 aliphatic carbocycles. The predicted molar refractivity (Wildman–Crippen MR) is 62.7 cm³/mol. The number of carboxylic acids is 1. The summed E-state index contributed by atoms with van der Waals surface area (Å²) in [6.45, 7) is 3.50. The molecule has 0 radical (unpaired) electrons. The standard InChI is InChI=1S/C11H11NO4S/c1-5-6(2)17-10(9(5)11(15)16)12-4-7(13)3-8(12)14/h3-4H2,1-2H3,(H,15,16). The van der Waals surface area contributed by atoms with Crippen LogP contribution in [0.5, 0.6) is 0 Å². The van der Waals surface area contributed by atoms with Gasteiger partial charge in [0.05, 0.1) is 18.5 Å². The molecule has 17 heavy (non-hydrogen) atoms. The highest BCUT2D eigenvalue weighted by Gasteiger charge is 2.33. The van der Waals surface area contributed by atoms with Crippen LogP contribution in [0.1, 0.15) is 27.2 Å². The van der Waals surface area contributed by atoms with Crippen LogP contribution >= 0.6 is 11.3 Å². The number of nitrogens with zero attached hydrogens (tertiary/aromatic N) is 1. The number of anilines is 1. The van der Waals surface area contributed by atoms with Crippen LogP contribution in [0.4, 0.5) is 5.00 Å². The van der Waals surface area contributed by atoms with E-state index in [1.54, 1.807) is 13.8 Å². The largest absolute Gasteiger partial charge is 0.478 e. The molecular formula is C11H11NO4S. The third-order valence-corrected chi connectivity index (χ3v) is 4.04. The molecule has 0 unspecified atom stereocenters. The quantitative estimate of drug-likeness (QED) is 0.808. The molecule has 1 saturated heterocycles. The molecular weight excluding hydrogens is 242 g/mol. The van der Waals surface area contributed by atoms with Crippen molar-refractivity contribution >= 4 is 34.0 Å². The van der Waals surface area contributed by atoms with Gasteiger partial charge in [-0.1, -0.05) is 0 Å². The lowest BCUT2D eigenvalue weighted by Crippen LogP contribution is -2.25. The normalized spacial score (nSPS) is 15.8. The number of carboxylic acid groups (broad SMARTS) is 1. The highest BCUT2D eigenvalue weighted by Crippen LogP contribution is 2.36. The van der Waals surface area contributed by atoms with Crippen LogP contribution in [-0.2, 0) is 9.59 Å². The molecule has 0 saturated carbocycles. The lowest BCUT2D eigenvalue weighted by molar-refractivity contribution is -0.121. The van der Waals surface area contributed by atoms with Crippen LogP contribution in [0.3, 0.4) is 0 Å². The Morgan fingerprint density at radius 3 is 2.47 bits per heavy atom. The molecule has 2 rings (SSSR count). The zero-order chi connectivity index (χ0) is 12.7. The lowest BCUT2D eigenvalue weighted by atomic mass is 10.1. The maximum atomic E-state index is 11.6. The van der Waals surface area contributed by atoms with Crippen molar-refractivity contribution in [3.63, 3.8) is 0 Å². The first-order valence-electron chi connectivity index (χ1n) is 5.07. The number of amides is 1. The van der Waals surface area contributed by atoms with Gasteiger partial charge in [0.2, 0.25) is 5.91 Å². The summed E-state index contributed by atoms with van der Waals surface area (Å²) >= 11 is 1.24. The van der Waals surface area contributed by atoms with Gasteiger partial charge >= 0.3 is 5.97 Å². The second-order valence-corrected chi connectivity index (χ2v) is 5.17. The average molecular weight is 253 g/mol. The minimum absolute atomic E-state index is 0.0154. The summed E-state index contributed by atoms with van der Waals surface area (Å²) in [6.07, 6.45) is -0.130. The fourth-order valence-electron chi connectivity index (χ4n) is 1.82. The Bertz CT molecular complexity index is 532. The molecule has 1 amide bonds. The van der Waals surface area contributed by atoms with E-state index in [1.807, 2.05) is 0 Å². The molecule has 1 N–H and O–H groups in total. The molecule has 5 nitrogen and oxygen atoms in total. The zero-order valence-electron chi connectivity index (χ0n) is 9.44. The number of carbonyl (C=O) groups excluding carboxylic acids is 2. The third kappa shape index (κ3) is 1.84. The van der Waals surface area contributed by atoms with Crippen LogP contribution in [0.25, 0.3) is 0 Å². The number of rotatable bonds is 2. The molecule has 2 heterocycles. The lowest BCUT2D eigenvalue weighted by Gasteiger charge is -2.13. The fourth-order valence-corrected chi connectivity index (χ4v) is 2.98. The molecule has 1 aromatic rings. The Kier molecular flexibility index (Phi) is 2.74. The Morgan fingerprint density at radius 2 is 2.00 bits per heavy atom. The van der Waals surface area contributed by atoms with Crippen molar-refractivity contribution in [1.82, 2.24) is 0 Å². The molecule has 6 heteroatoms. The van der Waals surface area contributed by atoms with Crippen LogP contribution in [0, 0.1) is 13.8 Å². The number of hydrogen-bond acceptors (Lipinski definition) is 4. The van der Waals surface area contributed by atoms with E-state index in [0.29, 0.717) is 10.6 Å². The average Bonchev–Trinajstić information content (AvgIpc) is 2.68. The Hall–Kier alpha value is -1.69. The Labute approximate surface area is 102 Å². The third-order valence-electron chi connectivity index (χ3n) is 2.81. The minimum Gasteiger partial charge on any atom is -0.478 e. The molecule has 0 aromatic carbocycles. The molecule has 0 bridgehead atoms. The number of aryl methyl sites for hydroxylation is 1. The van der Waals surface area contributed by atoms with Crippen LogP contribution in [0.2, 0.25) is 0 Å². The van der Waals surface area contributed by atoms with Gasteiger partial charge < -0.3 is 5.11 Å². The van der Waals surface area contributed by atoms with Crippen molar-refractivity contribution in [2.24, 2.45) is 0 Å². The van der Waals surface area contributed by atoms with Gasteiger partial charge in [-0.05, 0) is 19.4 Å². The molecule has 1 aromatic heterocycles. The molecule has 1 fully saturated rings. The van der Waals surface area contributed by atoms with Gasteiger partial charge in [-0.3, -0.25) is 14.5 Å². The van der Waals surface area contributed by atoms with Crippen LogP contribution in [-0.4, -0.2) is 29.3 Å². The summed E-state index contributed by atoms with van der Waals surface area (Å²) < 4.78 is 0. The molecule has 0 spiro atoms. The van der Waals surface area contributed by atoms with E-state index in [0.717, 1.165) is 4.88 Å². The van der Waals surface area contributed by atoms with Gasteiger partial charge in [0.15, 0.2) is 5.78 Å². The van der Waals surface area contributed by atoms with Gasteiger partial charge in [0, 0.05) is 4.88 Å². The number of thiophene rings is 1. The first-order valence-corrected chi connectivity index (χ1v) is 5.88. The van der Waals surface area contributed by atoms with E-state index in [2.05, 4.69) is 0 Å². The fraction of sp³-hybridized carbons (Fsp3) is 0.364. The Balaban J connectivity index is 2.52. The van der Waals surface area contributed by atoms with E-state index < -0.39 is 5.97 Å². The zero-order valence-corrected chi connectivity index (χ0v) is 10.3. The number of carbonyl (C=O) groups is 3. The predicted octanol–water partition coefficient (Wildman–Crippen LogP) is 1.37. The van der Waals surface area contributed by atoms with E-state index >= 15 is 0 Å². The minimum atomic E-state index is -1.06. The van der Waals surface area contributed by atoms with Crippen molar-refractivity contribution in [2.45, 2.75) is 20.3 Å². The van der Waals surface area contributed by atoms with Crippen molar-refractivity contribution in [3.8, 4) is 0 Å². The number of aromatic carboxylic acids is 1. The summed E-state index contributed by atoms with van der Waals surface area (Å²) in [5.74, 6) is -1.55. The maximum absolute atomic E-state index is 11.6. The van der Waals surface area contributed by atoms with E-state index in [1.165, 1.54) is 16.2 Å². The van der Waals surface area contributed by atoms with Crippen molar-refractivity contribution in [2.75, 3.05) is 11.4 Å². The van der Waals surface area contributed by atoms with E-state index in [9.17, 15) is 14.4 Å². The highest BCUT2D eigenvalue weighted by atomic mass is 32.1. The Morgan fingerprint density at radius 1 is 1.35 bits per heavy atom. The highest BCUT2D eigenvalue weighted by molar-refractivity contribution is 7.17. The number of hydrogen-bond donors (Lipinski definition) is 1. The maximum Gasteiger partial charge on any atom is 0.339 e. The van der Waals surface area contributed by atoms with Crippen molar-refractivity contribution in [1.29, 1.82) is 0 Å². The topological polar surface area (TPSA) is 74.7 Å². The van der Waals surface area contributed by atoms with Crippen molar-refractivity contribution < 1.29 is 19.5 Å².